The minimum atomic E-state index is -3.48. The highest BCUT2D eigenvalue weighted by Gasteiger charge is 2.15. The summed E-state index contributed by atoms with van der Waals surface area (Å²) in [5.74, 6) is 0. The molecule has 0 saturated carbocycles. The molecule has 0 aliphatic carbocycles. The number of aryl methyl sites for hydroxylation is 1. The summed E-state index contributed by atoms with van der Waals surface area (Å²) >= 11 is 1.61. The lowest BCUT2D eigenvalue weighted by molar-refractivity contribution is 0.588. The molecule has 1 unspecified atom stereocenters. The van der Waals surface area contributed by atoms with E-state index in [2.05, 4.69) is 15.0 Å². The molecular formula is C13H18N4O2S2. The molecule has 1 heterocycles. The number of nitrogens with zero attached hydrogens (tertiary/aromatic N) is 1. The quantitative estimate of drug-likeness (QED) is 0.731. The van der Waals surface area contributed by atoms with Crippen molar-refractivity contribution in [2.24, 2.45) is 0 Å². The first-order valence-corrected chi connectivity index (χ1v) is 8.65. The van der Waals surface area contributed by atoms with Gasteiger partial charge in [-0.05, 0) is 39.1 Å². The Bertz CT molecular complexity index is 740. The van der Waals surface area contributed by atoms with Crippen molar-refractivity contribution in [1.82, 2.24) is 9.71 Å². The third-order valence-corrected chi connectivity index (χ3v) is 5.49. The van der Waals surface area contributed by atoms with Gasteiger partial charge in [0.2, 0.25) is 10.0 Å². The minimum absolute atomic E-state index is 0.00208. The SMILES string of the molecule is CNS(=O)(=O)c1ccc(NC(C)c2ncc(C)s2)c(N)c1. The van der Waals surface area contributed by atoms with Crippen LogP contribution in [0.4, 0.5) is 11.4 Å². The molecule has 2 rings (SSSR count). The summed E-state index contributed by atoms with van der Waals surface area (Å²) in [5.41, 5.74) is 7.00. The van der Waals surface area contributed by atoms with Crippen LogP contribution in [-0.2, 0) is 10.0 Å². The van der Waals surface area contributed by atoms with Crippen LogP contribution < -0.4 is 15.8 Å². The zero-order chi connectivity index (χ0) is 15.6. The van der Waals surface area contributed by atoms with E-state index in [1.807, 2.05) is 20.0 Å². The summed E-state index contributed by atoms with van der Waals surface area (Å²) in [4.78, 5) is 5.61. The number of anilines is 2. The highest BCUT2D eigenvalue weighted by Crippen LogP contribution is 2.28. The van der Waals surface area contributed by atoms with Crippen LogP contribution in [0.3, 0.4) is 0 Å². The van der Waals surface area contributed by atoms with Crippen LogP contribution >= 0.6 is 11.3 Å². The first kappa shape index (κ1) is 15.7. The summed E-state index contributed by atoms with van der Waals surface area (Å²) in [6, 6.07) is 4.62. The number of aromatic nitrogens is 1. The topological polar surface area (TPSA) is 97.1 Å². The second kappa shape index (κ2) is 6.00. The van der Waals surface area contributed by atoms with E-state index < -0.39 is 10.0 Å². The second-order valence-corrected chi connectivity index (χ2v) is 7.78. The Balaban J connectivity index is 2.22. The molecule has 6 nitrogen and oxygen atoms in total. The van der Waals surface area contributed by atoms with E-state index in [4.69, 9.17) is 5.73 Å². The highest BCUT2D eigenvalue weighted by atomic mass is 32.2. The Hall–Kier alpha value is -1.64. The largest absolute Gasteiger partial charge is 0.397 e. The van der Waals surface area contributed by atoms with Crippen LogP contribution in [-0.4, -0.2) is 20.4 Å². The van der Waals surface area contributed by atoms with Crippen molar-refractivity contribution in [3.8, 4) is 0 Å². The van der Waals surface area contributed by atoms with Crippen LogP contribution in [0.2, 0.25) is 0 Å². The lowest BCUT2D eigenvalue weighted by Crippen LogP contribution is -2.19. The fraction of sp³-hybridized carbons (Fsp3) is 0.308. The Kier molecular flexibility index (Phi) is 4.50. The van der Waals surface area contributed by atoms with Crippen LogP contribution in [0.25, 0.3) is 0 Å². The van der Waals surface area contributed by atoms with Gasteiger partial charge in [-0.25, -0.2) is 18.1 Å². The van der Waals surface area contributed by atoms with Crippen LogP contribution in [0.1, 0.15) is 22.9 Å². The minimum Gasteiger partial charge on any atom is -0.397 e. The van der Waals surface area contributed by atoms with Crippen molar-refractivity contribution >= 4 is 32.7 Å². The maximum absolute atomic E-state index is 11.7. The van der Waals surface area contributed by atoms with E-state index in [9.17, 15) is 8.42 Å². The van der Waals surface area contributed by atoms with Crippen molar-refractivity contribution in [2.75, 3.05) is 18.1 Å². The van der Waals surface area contributed by atoms with Crippen molar-refractivity contribution < 1.29 is 8.42 Å². The van der Waals surface area contributed by atoms with Crippen molar-refractivity contribution in [2.45, 2.75) is 24.8 Å². The highest BCUT2D eigenvalue weighted by molar-refractivity contribution is 7.89. The molecule has 0 aliphatic heterocycles. The third-order valence-electron chi connectivity index (χ3n) is 2.98. The van der Waals surface area contributed by atoms with Gasteiger partial charge in [-0.1, -0.05) is 0 Å². The van der Waals surface area contributed by atoms with Gasteiger partial charge in [0, 0.05) is 11.1 Å². The summed E-state index contributed by atoms with van der Waals surface area (Å²) < 4.78 is 25.7. The van der Waals surface area contributed by atoms with E-state index in [1.54, 1.807) is 17.4 Å². The van der Waals surface area contributed by atoms with Gasteiger partial charge in [0.25, 0.3) is 0 Å². The molecule has 0 saturated heterocycles. The molecule has 0 bridgehead atoms. The van der Waals surface area contributed by atoms with Gasteiger partial charge in [-0.15, -0.1) is 11.3 Å². The van der Waals surface area contributed by atoms with Gasteiger partial charge in [-0.3, -0.25) is 0 Å². The number of benzene rings is 1. The third kappa shape index (κ3) is 3.52. The maximum atomic E-state index is 11.7. The van der Waals surface area contributed by atoms with Gasteiger partial charge in [0.15, 0.2) is 0 Å². The lowest BCUT2D eigenvalue weighted by atomic mass is 10.2. The van der Waals surface area contributed by atoms with Crippen molar-refractivity contribution in [3.63, 3.8) is 0 Å². The Labute approximate surface area is 128 Å². The van der Waals surface area contributed by atoms with Gasteiger partial charge < -0.3 is 11.1 Å². The maximum Gasteiger partial charge on any atom is 0.240 e. The number of nitrogens with two attached hydrogens (primary N) is 1. The second-order valence-electron chi connectivity index (χ2n) is 4.63. The number of hydrogen-bond acceptors (Lipinski definition) is 6. The number of hydrogen-bond donors (Lipinski definition) is 3. The van der Waals surface area contributed by atoms with Crippen LogP contribution in [0.15, 0.2) is 29.3 Å². The summed E-state index contributed by atoms with van der Waals surface area (Å²) in [5, 5.41) is 4.20. The first-order chi connectivity index (χ1) is 9.83. The van der Waals surface area contributed by atoms with Gasteiger partial charge in [-0.2, -0.15) is 0 Å². The van der Waals surface area contributed by atoms with Gasteiger partial charge in [0.1, 0.15) is 5.01 Å². The summed E-state index contributed by atoms with van der Waals surface area (Å²) in [6.07, 6.45) is 1.82. The van der Waals surface area contributed by atoms with Crippen molar-refractivity contribution in [3.05, 3.63) is 34.3 Å². The molecule has 0 spiro atoms. The van der Waals surface area contributed by atoms with E-state index in [0.717, 1.165) is 9.88 Å². The van der Waals surface area contributed by atoms with E-state index in [0.29, 0.717) is 11.4 Å². The Morgan fingerprint density at radius 3 is 2.62 bits per heavy atom. The molecule has 0 radical (unpaired) electrons. The van der Waals surface area contributed by atoms with Crippen LogP contribution in [0.5, 0.6) is 0 Å². The zero-order valence-corrected chi connectivity index (χ0v) is 13.7. The number of rotatable bonds is 5. The number of nitrogens with one attached hydrogen (secondary N) is 2. The molecule has 1 atom stereocenters. The average Bonchev–Trinajstić information content (AvgIpc) is 2.87. The van der Waals surface area contributed by atoms with E-state index in [1.165, 1.54) is 19.2 Å². The molecule has 8 heteroatoms. The average molecular weight is 326 g/mol. The monoisotopic (exact) mass is 326 g/mol. The molecule has 0 aliphatic rings. The molecule has 1 aromatic heterocycles. The first-order valence-electron chi connectivity index (χ1n) is 6.35. The summed E-state index contributed by atoms with van der Waals surface area (Å²) in [6.45, 7) is 3.98. The molecule has 1 aromatic carbocycles. The fourth-order valence-corrected chi connectivity index (χ4v) is 3.37. The molecule has 0 fully saturated rings. The van der Waals surface area contributed by atoms with Crippen LogP contribution in [0, 0.1) is 6.92 Å². The molecule has 0 amide bonds. The predicted molar refractivity (Wildman–Crippen MR) is 86.0 cm³/mol. The molecule has 4 N–H and O–H groups in total. The van der Waals surface area contributed by atoms with Crippen molar-refractivity contribution in [1.29, 1.82) is 0 Å². The standard InChI is InChI=1S/C13H18N4O2S2/c1-8-7-16-13(20-8)9(2)17-12-5-4-10(6-11(12)14)21(18,19)15-3/h4-7,9,15,17H,14H2,1-3H3. The lowest BCUT2D eigenvalue weighted by Gasteiger charge is -2.15. The number of thiazole rings is 1. The van der Waals surface area contributed by atoms with E-state index >= 15 is 0 Å². The number of sulfonamides is 1. The fourth-order valence-electron chi connectivity index (χ4n) is 1.82. The molecule has 114 valence electrons. The van der Waals surface area contributed by atoms with E-state index in [-0.39, 0.29) is 10.9 Å². The Morgan fingerprint density at radius 2 is 2.10 bits per heavy atom. The molecule has 2 aromatic rings. The smallest absolute Gasteiger partial charge is 0.240 e. The normalized spacial score (nSPS) is 13.1. The molecular weight excluding hydrogens is 308 g/mol. The zero-order valence-electron chi connectivity index (χ0n) is 12.0. The van der Waals surface area contributed by atoms with Gasteiger partial charge >= 0.3 is 0 Å². The molecule has 21 heavy (non-hydrogen) atoms. The predicted octanol–water partition coefficient (Wildman–Crippen LogP) is 2.11. The number of nitrogen functional groups attached to an aromatic ring is 1. The van der Waals surface area contributed by atoms with Gasteiger partial charge in [0.05, 0.1) is 22.3 Å². The summed E-state index contributed by atoms with van der Waals surface area (Å²) in [7, 11) is -2.12. The Morgan fingerprint density at radius 1 is 1.38 bits per heavy atom.